The average Bonchev–Trinajstić information content (AvgIpc) is 3.51. The summed E-state index contributed by atoms with van der Waals surface area (Å²) in [5, 5.41) is 12.5. The van der Waals surface area contributed by atoms with Gasteiger partial charge in [-0.2, -0.15) is 0 Å². The van der Waals surface area contributed by atoms with Crippen LogP contribution in [0.4, 0.5) is 16.5 Å². The van der Waals surface area contributed by atoms with Crippen LogP contribution in [0.5, 0.6) is 0 Å². The topological polar surface area (TPSA) is 98.0 Å². The lowest BCUT2D eigenvalue weighted by Gasteiger charge is -2.28. The monoisotopic (exact) mass is 482 g/mol. The molecule has 10 heteroatoms. The Hall–Kier alpha value is -3.08. The number of benzene rings is 2. The predicted octanol–water partition coefficient (Wildman–Crippen LogP) is 4.18. The van der Waals surface area contributed by atoms with Crippen LogP contribution in [-0.2, 0) is 9.47 Å². The number of carbonyl (C=O) groups excluding carboxylic acids is 1. The van der Waals surface area contributed by atoms with E-state index in [9.17, 15) is 14.9 Å². The van der Waals surface area contributed by atoms with Crippen LogP contribution >= 0.6 is 11.3 Å². The van der Waals surface area contributed by atoms with Crippen LogP contribution < -0.4 is 9.80 Å². The van der Waals surface area contributed by atoms with Crippen molar-refractivity contribution in [1.82, 2.24) is 4.98 Å². The SMILES string of the molecule is Cc1ccc2nc(N(CC3CCCO3)C(=O)c3ccc(N4CCOCC4)c([N+](=O)[O-])c3)sc2c1. The first-order valence-corrected chi connectivity index (χ1v) is 12.2. The molecule has 1 aromatic heterocycles. The number of ether oxygens (including phenoxy) is 2. The third-order valence-electron chi connectivity index (χ3n) is 6.19. The molecule has 1 amide bonds. The van der Waals surface area contributed by atoms with Crippen molar-refractivity contribution >= 4 is 44.0 Å². The number of nitrogens with zero attached hydrogens (tertiary/aromatic N) is 4. The fourth-order valence-electron chi connectivity index (χ4n) is 4.41. The predicted molar refractivity (Wildman–Crippen MR) is 131 cm³/mol. The number of rotatable bonds is 6. The van der Waals surface area contributed by atoms with Gasteiger partial charge in [0.15, 0.2) is 5.13 Å². The molecule has 2 fully saturated rings. The van der Waals surface area contributed by atoms with Gasteiger partial charge in [-0.15, -0.1) is 0 Å². The molecule has 0 aliphatic carbocycles. The Morgan fingerprint density at radius 3 is 2.79 bits per heavy atom. The van der Waals surface area contributed by atoms with Crippen LogP contribution in [0.15, 0.2) is 36.4 Å². The number of thiazole rings is 1. The van der Waals surface area contributed by atoms with Crippen LogP contribution in [0, 0.1) is 17.0 Å². The molecule has 5 rings (SSSR count). The van der Waals surface area contributed by atoms with Gasteiger partial charge in [0, 0.05) is 31.3 Å². The molecule has 1 unspecified atom stereocenters. The van der Waals surface area contributed by atoms with Crippen molar-refractivity contribution in [3.63, 3.8) is 0 Å². The summed E-state index contributed by atoms with van der Waals surface area (Å²) in [5.74, 6) is -0.317. The quantitative estimate of drug-likeness (QED) is 0.384. The van der Waals surface area contributed by atoms with Crippen molar-refractivity contribution in [1.29, 1.82) is 0 Å². The van der Waals surface area contributed by atoms with Gasteiger partial charge in [-0.3, -0.25) is 19.8 Å². The Morgan fingerprint density at radius 2 is 2.06 bits per heavy atom. The van der Waals surface area contributed by atoms with Crippen LogP contribution in [0.25, 0.3) is 10.2 Å². The second-order valence-electron chi connectivity index (χ2n) is 8.58. The molecule has 2 saturated heterocycles. The lowest BCUT2D eigenvalue weighted by atomic mass is 10.1. The molecule has 3 aromatic rings. The Balaban J connectivity index is 1.50. The van der Waals surface area contributed by atoms with Crippen LogP contribution in [0.1, 0.15) is 28.8 Å². The molecule has 2 aromatic carbocycles. The lowest BCUT2D eigenvalue weighted by Crippen LogP contribution is -2.38. The highest BCUT2D eigenvalue weighted by atomic mass is 32.1. The summed E-state index contributed by atoms with van der Waals surface area (Å²) in [6.07, 6.45) is 1.73. The summed E-state index contributed by atoms with van der Waals surface area (Å²) in [4.78, 5) is 33.4. The minimum Gasteiger partial charge on any atom is -0.378 e. The van der Waals surface area contributed by atoms with Crippen LogP contribution in [0.3, 0.4) is 0 Å². The molecular weight excluding hydrogens is 456 g/mol. The molecule has 34 heavy (non-hydrogen) atoms. The second kappa shape index (κ2) is 9.65. The van der Waals surface area contributed by atoms with Gasteiger partial charge in [0.25, 0.3) is 11.6 Å². The molecule has 0 radical (unpaired) electrons. The van der Waals surface area contributed by atoms with Gasteiger partial charge >= 0.3 is 0 Å². The number of aryl methyl sites for hydroxylation is 1. The number of hydrogen-bond donors (Lipinski definition) is 0. The summed E-state index contributed by atoms with van der Waals surface area (Å²) in [7, 11) is 0. The normalized spacial score (nSPS) is 18.4. The zero-order chi connectivity index (χ0) is 23.7. The summed E-state index contributed by atoms with van der Waals surface area (Å²) in [6.45, 7) is 5.23. The summed E-state index contributed by atoms with van der Waals surface area (Å²) in [6, 6.07) is 10.7. The van der Waals surface area contributed by atoms with E-state index in [0.29, 0.717) is 50.3 Å². The van der Waals surface area contributed by atoms with Crippen molar-refractivity contribution in [2.45, 2.75) is 25.9 Å². The van der Waals surface area contributed by atoms with Gasteiger partial charge < -0.3 is 14.4 Å². The van der Waals surface area contributed by atoms with Crippen LogP contribution in [0.2, 0.25) is 0 Å². The molecule has 0 saturated carbocycles. The molecule has 3 heterocycles. The fourth-order valence-corrected chi connectivity index (χ4v) is 5.48. The van der Waals surface area contributed by atoms with Crippen molar-refractivity contribution in [2.75, 3.05) is 49.3 Å². The summed E-state index contributed by atoms with van der Waals surface area (Å²) < 4.78 is 12.2. The van der Waals surface area contributed by atoms with E-state index in [2.05, 4.69) is 0 Å². The van der Waals surface area contributed by atoms with Crippen molar-refractivity contribution in [3.8, 4) is 0 Å². The second-order valence-corrected chi connectivity index (χ2v) is 9.59. The first-order chi connectivity index (χ1) is 16.5. The zero-order valence-corrected chi connectivity index (χ0v) is 19.8. The van der Waals surface area contributed by atoms with E-state index in [1.165, 1.54) is 17.4 Å². The Kier molecular flexibility index (Phi) is 6.44. The van der Waals surface area contributed by atoms with Crippen LogP contribution in [-0.4, -0.2) is 61.4 Å². The molecule has 0 spiro atoms. The zero-order valence-electron chi connectivity index (χ0n) is 18.9. The van der Waals surface area contributed by atoms with E-state index in [1.54, 1.807) is 17.0 Å². The van der Waals surface area contributed by atoms with Crippen molar-refractivity contribution in [2.24, 2.45) is 0 Å². The standard InChI is InChI=1S/C24H26N4O5S/c1-16-4-6-19-22(13-16)34-24(25-19)27(15-18-3-2-10-33-18)23(29)17-5-7-20(21(14-17)28(30)31)26-8-11-32-12-9-26/h4-7,13-14,18H,2-3,8-12,15H2,1H3. The number of aromatic nitrogens is 1. The number of carbonyl (C=O) groups is 1. The number of morpholine rings is 1. The summed E-state index contributed by atoms with van der Waals surface area (Å²) >= 11 is 1.44. The third kappa shape index (κ3) is 4.61. The van der Waals surface area contributed by atoms with E-state index < -0.39 is 4.92 Å². The Morgan fingerprint density at radius 1 is 1.24 bits per heavy atom. The Bertz CT molecular complexity index is 1220. The number of nitro benzene ring substituents is 1. The Labute approximate surface area is 201 Å². The maximum absolute atomic E-state index is 13.7. The first kappa shape index (κ1) is 22.7. The van der Waals surface area contributed by atoms with Gasteiger partial charge in [-0.05, 0) is 49.6 Å². The maximum atomic E-state index is 13.7. The number of anilines is 2. The number of amides is 1. The van der Waals surface area contributed by atoms with Crippen molar-refractivity contribution in [3.05, 3.63) is 57.6 Å². The highest BCUT2D eigenvalue weighted by Gasteiger charge is 2.29. The highest BCUT2D eigenvalue weighted by molar-refractivity contribution is 7.22. The van der Waals surface area contributed by atoms with Gasteiger partial charge in [0.05, 0.1) is 41.0 Å². The molecule has 0 N–H and O–H groups in total. The van der Waals surface area contributed by atoms with E-state index in [1.807, 2.05) is 30.0 Å². The van der Waals surface area contributed by atoms with E-state index in [0.717, 1.165) is 28.6 Å². The fraction of sp³-hybridized carbons (Fsp3) is 0.417. The molecule has 178 valence electrons. The smallest absolute Gasteiger partial charge is 0.293 e. The van der Waals surface area contributed by atoms with Gasteiger partial charge in [0.2, 0.25) is 0 Å². The maximum Gasteiger partial charge on any atom is 0.293 e. The van der Waals surface area contributed by atoms with E-state index in [4.69, 9.17) is 14.5 Å². The highest BCUT2D eigenvalue weighted by Crippen LogP contribution is 2.34. The largest absolute Gasteiger partial charge is 0.378 e. The van der Waals surface area contributed by atoms with Gasteiger partial charge in [-0.25, -0.2) is 4.98 Å². The van der Waals surface area contributed by atoms with Gasteiger partial charge in [-0.1, -0.05) is 17.4 Å². The van der Waals surface area contributed by atoms with E-state index >= 15 is 0 Å². The molecule has 1 atom stereocenters. The third-order valence-corrected chi connectivity index (χ3v) is 7.23. The molecule has 2 aliphatic heterocycles. The molecule has 0 bridgehead atoms. The first-order valence-electron chi connectivity index (χ1n) is 11.4. The number of fused-ring (bicyclic) bond motifs is 1. The van der Waals surface area contributed by atoms with Crippen molar-refractivity contribution < 1.29 is 19.2 Å². The average molecular weight is 483 g/mol. The minimum atomic E-state index is -0.424. The minimum absolute atomic E-state index is 0.0789. The molecule has 9 nitrogen and oxygen atoms in total. The number of nitro groups is 1. The summed E-state index contributed by atoms with van der Waals surface area (Å²) in [5.41, 5.74) is 2.63. The van der Waals surface area contributed by atoms with Gasteiger partial charge in [0.1, 0.15) is 5.69 Å². The molecule has 2 aliphatic rings. The molecular formula is C24H26N4O5S. The number of hydrogen-bond acceptors (Lipinski definition) is 8. The van der Waals surface area contributed by atoms with E-state index in [-0.39, 0.29) is 23.3 Å². The lowest BCUT2D eigenvalue weighted by molar-refractivity contribution is -0.384.